The molecule has 152 valence electrons. The Hall–Kier alpha value is -2.03. The lowest BCUT2D eigenvalue weighted by molar-refractivity contribution is -0.115. The van der Waals surface area contributed by atoms with Gasteiger partial charge in [0.1, 0.15) is 18.2 Å². The summed E-state index contributed by atoms with van der Waals surface area (Å²) in [7, 11) is -3.10. The van der Waals surface area contributed by atoms with E-state index in [2.05, 4.69) is 4.99 Å². The quantitative estimate of drug-likeness (QED) is 0.651. The number of alkyl halides is 1. The minimum atomic E-state index is -3.10. The van der Waals surface area contributed by atoms with Gasteiger partial charge in [0.05, 0.1) is 17.5 Å². The lowest BCUT2D eigenvalue weighted by Gasteiger charge is -2.24. The number of rotatable bonds is 5. The number of carbonyl (C=O) groups is 1. The first-order valence-electron chi connectivity index (χ1n) is 9.06. The third-order valence-electron chi connectivity index (χ3n) is 4.76. The van der Waals surface area contributed by atoms with Crippen LogP contribution in [0.3, 0.4) is 0 Å². The Morgan fingerprint density at radius 3 is 2.55 bits per heavy atom. The van der Waals surface area contributed by atoms with E-state index in [1.807, 2.05) is 59.5 Å². The van der Waals surface area contributed by atoms with Crippen LogP contribution in [0.25, 0.3) is 0 Å². The van der Waals surface area contributed by atoms with Crippen molar-refractivity contribution in [1.29, 1.82) is 0 Å². The van der Waals surface area contributed by atoms with Crippen LogP contribution in [0.5, 0.6) is 5.75 Å². The van der Waals surface area contributed by atoms with Crippen molar-refractivity contribution < 1.29 is 17.9 Å². The summed E-state index contributed by atoms with van der Waals surface area (Å²) in [6.45, 7) is 0.458. The summed E-state index contributed by atoms with van der Waals surface area (Å²) in [6.07, 6.45) is 0. The number of amides is 1. The van der Waals surface area contributed by atoms with Gasteiger partial charge in [-0.05, 0) is 29.8 Å². The SMILES string of the molecule is O=C(CCl)N=C1S[C@@H]2CS(=O)(=O)C[C@H]2N1c1ccc(OCc2ccccc2)cc1. The van der Waals surface area contributed by atoms with Crippen molar-refractivity contribution in [1.82, 2.24) is 0 Å². The molecule has 6 nitrogen and oxygen atoms in total. The van der Waals surface area contributed by atoms with E-state index in [-0.39, 0.29) is 28.7 Å². The fourth-order valence-corrected chi connectivity index (χ4v) is 7.44. The molecule has 4 rings (SSSR count). The van der Waals surface area contributed by atoms with Gasteiger partial charge >= 0.3 is 0 Å². The third-order valence-corrected chi connectivity index (χ3v) is 8.20. The van der Waals surface area contributed by atoms with Gasteiger partial charge in [0.25, 0.3) is 5.91 Å². The van der Waals surface area contributed by atoms with Gasteiger partial charge in [-0.3, -0.25) is 4.79 Å². The Morgan fingerprint density at radius 1 is 1.14 bits per heavy atom. The molecule has 0 saturated carbocycles. The maximum Gasteiger partial charge on any atom is 0.262 e. The summed E-state index contributed by atoms with van der Waals surface area (Å²) in [6, 6.07) is 17.0. The second-order valence-electron chi connectivity index (χ2n) is 6.86. The minimum absolute atomic E-state index is 0.0466. The van der Waals surface area contributed by atoms with Crippen molar-refractivity contribution in [2.24, 2.45) is 4.99 Å². The van der Waals surface area contributed by atoms with Gasteiger partial charge in [0, 0.05) is 10.9 Å². The predicted octanol–water partition coefficient (Wildman–Crippen LogP) is 3.11. The van der Waals surface area contributed by atoms with Crippen LogP contribution < -0.4 is 9.64 Å². The second-order valence-corrected chi connectivity index (χ2v) is 10.5. The highest BCUT2D eigenvalue weighted by molar-refractivity contribution is 8.16. The van der Waals surface area contributed by atoms with Crippen LogP contribution in [0, 0.1) is 0 Å². The summed E-state index contributed by atoms with van der Waals surface area (Å²) < 4.78 is 30.0. The maximum atomic E-state index is 12.1. The zero-order chi connectivity index (χ0) is 20.4. The topological polar surface area (TPSA) is 76.0 Å². The van der Waals surface area contributed by atoms with Gasteiger partial charge in [0.2, 0.25) is 0 Å². The molecule has 2 fully saturated rings. The molecule has 0 aromatic heterocycles. The largest absolute Gasteiger partial charge is 0.489 e. The molecule has 2 aliphatic heterocycles. The lowest BCUT2D eigenvalue weighted by atomic mass is 10.2. The molecule has 1 amide bonds. The highest BCUT2D eigenvalue weighted by Crippen LogP contribution is 2.41. The van der Waals surface area contributed by atoms with Crippen LogP contribution in [0.2, 0.25) is 0 Å². The molecule has 0 unspecified atom stereocenters. The molecule has 2 aliphatic rings. The van der Waals surface area contributed by atoms with E-state index in [0.29, 0.717) is 17.5 Å². The van der Waals surface area contributed by atoms with Crippen LogP contribution in [-0.2, 0) is 21.2 Å². The molecule has 29 heavy (non-hydrogen) atoms. The summed E-state index contributed by atoms with van der Waals surface area (Å²) in [5.74, 6) is 0.189. The van der Waals surface area contributed by atoms with E-state index in [4.69, 9.17) is 16.3 Å². The number of hydrogen-bond donors (Lipinski definition) is 0. The molecule has 9 heteroatoms. The molecule has 0 N–H and O–H groups in total. The molecule has 0 radical (unpaired) electrons. The molecule has 2 saturated heterocycles. The molecule has 2 heterocycles. The number of fused-ring (bicyclic) bond motifs is 1. The monoisotopic (exact) mass is 450 g/mol. The smallest absolute Gasteiger partial charge is 0.262 e. The number of ether oxygens (including phenoxy) is 1. The zero-order valence-corrected chi connectivity index (χ0v) is 17.8. The highest BCUT2D eigenvalue weighted by atomic mass is 35.5. The van der Waals surface area contributed by atoms with Crippen LogP contribution in [0.4, 0.5) is 5.69 Å². The van der Waals surface area contributed by atoms with Crippen LogP contribution in [-0.4, -0.2) is 48.2 Å². The molecular weight excluding hydrogens is 432 g/mol. The third kappa shape index (κ3) is 4.60. The van der Waals surface area contributed by atoms with E-state index in [9.17, 15) is 13.2 Å². The number of halogens is 1. The Morgan fingerprint density at radius 2 is 1.86 bits per heavy atom. The molecule has 2 aromatic rings. The van der Waals surface area contributed by atoms with Gasteiger partial charge < -0.3 is 9.64 Å². The number of aliphatic imine (C=N–C) groups is 1. The fraction of sp³-hybridized carbons (Fsp3) is 0.300. The van der Waals surface area contributed by atoms with Crippen molar-refractivity contribution in [2.45, 2.75) is 17.9 Å². The molecule has 2 atom stereocenters. The van der Waals surface area contributed by atoms with Crippen LogP contribution >= 0.6 is 23.4 Å². The normalized spacial score (nSPS) is 23.9. The van der Waals surface area contributed by atoms with Crippen molar-refractivity contribution in [3.8, 4) is 5.75 Å². The zero-order valence-electron chi connectivity index (χ0n) is 15.4. The number of amidine groups is 1. The van der Waals surface area contributed by atoms with Crippen molar-refractivity contribution >= 4 is 50.0 Å². The molecule has 2 aromatic carbocycles. The van der Waals surface area contributed by atoms with Gasteiger partial charge in [-0.25, -0.2) is 8.42 Å². The van der Waals surface area contributed by atoms with Crippen LogP contribution in [0.1, 0.15) is 5.56 Å². The summed E-state index contributed by atoms with van der Waals surface area (Å²) in [5, 5.41) is 0.356. The number of benzene rings is 2. The maximum absolute atomic E-state index is 12.1. The predicted molar refractivity (Wildman–Crippen MR) is 117 cm³/mol. The van der Waals surface area contributed by atoms with E-state index < -0.39 is 15.7 Å². The van der Waals surface area contributed by atoms with E-state index >= 15 is 0 Å². The number of thioether (sulfide) groups is 1. The highest BCUT2D eigenvalue weighted by Gasteiger charge is 2.49. The van der Waals surface area contributed by atoms with Gasteiger partial charge in [-0.2, -0.15) is 4.99 Å². The Balaban J connectivity index is 1.55. The summed E-state index contributed by atoms with van der Waals surface area (Å²) in [5.41, 5.74) is 1.84. The molecular formula is C20H19ClN2O4S2. The fourth-order valence-electron chi connectivity index (χ4n) is 3.45. The number of anilines is 1. The summed E-state index contributed by atoms with van der Waals surface area (Å²) >= 11 is 6.93. The molecule has 0 aliphatic carbocycles. The second kappa shape index (κ2) is 8.38. The summed E-state index contributed by atoms with van der Waals surface area (Å²) in [4.78, 5) is 17.7. The van der Waals surface area contributed by atoms with Gasteiger partial charge in [0.15, 0.2) is 15.0 Å². The number of nitrogens with zero attached hydrogens (tertiary/aromatic N) is 2. The van der Waals surface area contributed by atoms with E-state index in [1.165, 1.54) is 11.8 Å². The number of sulfone groups is 1. The molecule has 0 bridgehead atoms. The first-order valence-corrected chi connectivity index (χ1v) is 12.3. The van der Waals surface area contributed by atoms with Crippen LogP contribution in [0.15, 0.2) is 59.6 Å². The van der Waals surface area contributed by atoms with Crippen molar-refractivity contribution in [3.05, 3.63) is 60.2 Å². The first-order chi connectivity index (χ1) is 13.9. The Labute approximate surface area is 178 Å². The number of hydrogen-bond acceptors (Lipinski definition) is 5. The average molecular weight is 451 g/mol. The first kappa shape index (κ1) is 20.3. The minimum Gasteiger partial charge on any atom is -0.489 e. The molecule has 0 spiro atoms. The van der Waals surface area contributed by atoms with E-state index in [1.54, 1.807) is 0 Å². The Kier molecular flexibility index (Phi) is 5.85. The average Bonchev–Trinajstić information content (AvgIpc) is 3.18. The van der Waals surface area contributed by atoms with Gasteiger partial charge in [-0.1, -0.05) is 42.1 Å². The van der Waals surface area contributed by atoms with Crippen molar-refractivity contribution in [2.75, 3.05) is 22.3 Å². The lowest BCUT2D eigenvalue weighted by Crippen LogP contribution is -2.37. The van der Waals surface area contributed by atoms with Gasteiger partial charge in [-0.15, -0.1) is 11.6 Å². The van der Waals surface area contributed by atoms with Crippen molar-refractivity contribution in [3.63, 3.8) is 0 Å². The van der Waals surface area contributed by atoms with E-state index in [0.717, 1.165) is 11.3 Å². The number of carbonyl (C=O) groups excluding carboxylic acids is 1. The standard InChI is InChI=1S/C20H19ClN2O4S2/c21-10-19(24)22-20-23(17-12-29(25,26)13-18(17)28-20)15-6-8-16(9-7-15)27-11-14-4-2-1-3-5-14/h1-9,17-18H,10-13H2/t17-,18-/m1/s1. The Bertz CT molecular complexity index is 1030.